The van der Waals surface area contributed by atoms with E-state index in [0.29, 0.717) is 23.5 Å². The molecule has 7 nitrogen and oxygen atoms in total. The minimum absolute atomic E-state index is 0.0392. The predicted molar refractivity (Wildman–Crippen MR) is 102 cm³/mol. The number of aromatic amines is 1. The summed E-state index contributed by atoms with van der Waals surface area (Å²) < 4.78 is 0. The van der Waals surface area contributed by atoms with E-state index in [0.717, 1.165) is 13.0 Å². The van der Waals surface area contributed by atoms with Gasteiger partial charge in [-0.25, -0.2) is 0 Å². The van der Waals surface area contributed by atoms with Crippen molar-refractivity contribution in [3.8, 4) is 11.4 Å². The number of aromatic nitrogens is 4. The van der Waals surface area contributed by atoms with E-state index in [1.54, 1.807) is 4.90 Å². The van der Waals surface area contributed by atoms with E-state index in [1.165, 1.54) is 11.1 Å². The van der Waals surface area contributed by atoms with E-state index < -0.39 is 0 Å². The van der Waals surface area contributed by atoms with Crippen molar-refractivity contribution in [1.82, 2.24) is 30.4 Å². The van der Waals surface area contributed by atoms with E-state index in [2.05, 4.69) is 56.8 Å². The Morgan fingerprint density at radius 3 is 2.70 bits per heavy atom. The van der Waals surface area contributed by atoms with Crippen molar-refractivity contribution in [1.29, 1.82) is 0 Å². The van der Waals surface area contributed by atoms with Crippen molar-refractivity contribution in [2.75, 3.05) is 20.6 Å². The van der Waals surface area contributed by atoms with Crippen molar-refractivity contribution in [2.45, 2.75) is 19.0 Å². The van der Waals surface area contributed by atoms with E-state index in [1.807, 2.05) is 31.3 Å². The van der Waals surface area contributed by atoms with Crippen LogP contribution in [0.1, 0.15) is 21.5 Å². The maximum absolute atomic E-state index is 13.1. The normalized spacial score (nSPS) is 16.7. The monoisotopic (exact) mass is 362 g/mol. The van der Waals surface area contributed by atoms with E-state index in [9.17, 15) is 4.79 Å². The lowest BCUT2D eigenvalue weighted by Gasteiger charge is -2.36. The van der Waals surface area contributed by atoms with Crippen molar-refractivity contribution in [2.24, 2.45) is 0 Å². The van der Waals surface area contributed by atoms with Gasteiger partial charge in [-0.1, -0.05) is 42.5 Å². The SMILES string of the molecule is CN(C[C@H]1Cc2ccccc2CN1C)C(=O)c1ccccc1-c1nn[nH]n1. The number of benzene rings is 2. The molecule has 138 valence electrons. The smallest absolute Gasteiger partial charge is 0.254 e. The number of amides is 1. The molecule has 1 aromatic heterocycles. The lowest BCUT2D eigenvalue weighted by Crippen LogP contribution is -2.46. The third-order valence-corrected chi connectivity index (χ3v) is 5.19. The highest BCUT2D eigenvalue weighted by molar-refractivity contribution is 5.99. The van der Waals surface area contributed by atoms with Crippen LogP contribution in [-0.4, -0.2) is 63.0 Å². The minimum atomic E-state index is -0.0392. The van der Waals surface area contributed by atoms with Crippen LogP contribution in [0.25, 0.3) is 11.4 Å². The summed E-state index contributed by atoms with van der Waals surface area (Å²) in [6.45, 7) is 1.56. The van der Waals surface area contributed by atoms with Gasteiger partial charge in [-0.3, -0.25) is 9.69 Å². The molecular formula is C20H22N6O. The number of carbonyl (C=O) groups is 1. The Morgan fingerprint density at radius 1 is 1.19 bits per heavy atom. The molecule has 27 heavy (non-hydrogen) atoms. The van der Waals surface area contributed by atoms with Crippen LogP contribution < -0.4 is 0 Å². The van der Waals surface area contributed by atoms with Gasteiger partial charge >= 0.3 is 0 Å². The molecule has 3 aromatic rings. The second kappa shape index (κ2) is 7.28. The average Bonchev–Trinajstić information content (AvgIpc) is 3.22. The Kier molecular flexibility index (Phi) is 4.68. The third kappa shape index (κ3) is 3.46. The molecule has 0 saturated carbocycles. The number of nitrogens with zero attached hydrogens (tertiary/aromatic N) is 5. The standard InChI is InChI=1S/C20H22N6O/c1-25-12-15-8-4-3-7-14(15)11-16(25)13-26(2)20(27)18-10-6-5-9-17(18)19-21-23-24-22-19/h3-10,16H,11-13H2,1-2H3,(H,21,22,23,24)/t16-/m1/s1. The molecule has 1 amide bonds. The van der Waals surface area contributed by atoms with Crippen LogP contribution >= 0.6 is 0 Å². The minimum Gasteiger partial charge on any atom is -0.340 e. The second-order valence-corrected chi connectivity index (χ2v) is 7.01. The van der Waals surface area contributed by atoms with Crippen molar-refractivity contribution >= 4 is 5.91 Å². The number of tetrazole rings is 1. The molecular weight excluding hydrogens is 340 g/mol. The predicted octanol–water partition coefficient (Wildman–Crippen LogP) is 2.00. The molecule has 0 bridgehead atoms. The van der Waals surface area contributed by atoms with E-state index in [-0.39, 0.29) is 11.9 Å². The lowest BCUT2D eigenvalue weighted by atomic mass is 9.94. The highest BCUT2D eigenvalue weighted by atomic mass is 16.2. The molecule has 0 unspecified atom stereocenters. The number of hydrogen-bond donors (Lipinski definition) is 1. The zero-order chi connectivity index (χ0) is 18.8. The molecule has 0 spiro atoms. The van der Waals surface area contributed by atoms with Crippen molar-refractivity contribution in [3.63, 3.8) is 0 Å². The van der Waals surface area contributed by atoms with Gasteiger partial charge in [0.1, 0.15) is 0 Å². The topological polar surface area (TPSA) is 78.0 Å². The molecule has 0 saturated heterocycles. The molecule has 1 aliphatic rings. The quantitative estimate of drug-likeness (QED) is 0.768. The first-order valence-electron chi connectivity index (χ1n) is 8.99. The largest absolute Gasteiger partial charge is 0.340 e. The molecule has 0 fully saturated rings. The first kappa shape index (κ1) is 17.4. The van der Waals surface area contributed by atoms with Crippen LogP contribution in [0.15, 0.2) is 48.5 Å². The summed E-state index contributed by atoms with van der Waals surface area (Å²) in [5.41, 5.74) is 4.01. The second-order valence-electron chi connectivity index (χ2n) is 7.01. The van der Waals surface area contributed by atoms with Crippen LogP contribution in [0, 0.1) is 0 Å². The number of fused-ring (bicyclic) bond motifs is 1. The summed E-state index contributed by atoms with van der Waals surface area (Å²) in [4.78, 5) is 17.2. The van der Waals surface area contributed by atoms with Gasteiger partial charge < -0.3 is 4.90 Å². The molecule has 4 rings (SSSR count). The maximum atomic E-state index is 13.1. The zero-order valence-corrected chi connectivity index (χ0v) is 15.5. The summed E-state index contributed by atoms with van der Waals surface area (Å²) in [6.07, 6.45) is 0.941. The van der Waals surface area contributed by atoms with Gasteiger partial charge in [-0.15, -0.1) is 10.2 Å². The summed E-state index contributed by atoms with van der Waals surface area (Å²) in [5, 5.41) is 14.1. The molecule has 1 atom stereocenters. The van der Waals surface area contributed by atoms with Gasteiger partial charge in [0, 0.05) is 31.7 Å². The summed E-state index contributed by atoms with van der Waals surface area (Å²) in [6, 6.07) is 16.2. The number of hydrogen-bond acceptors (Lipinski definition) is 5. The number of rotatable bonds is 4. The van der Waals surface area contributed by atoms with Crippen molar-refractivity contribution in [3.05, 3.63) is 65.2 Å². The summed E-state index contributed by atoms with van der Waals surface area (Å²) in [5.74, 6) is 0.388. The Labute approximate surface area is 158 Å². The number of likely N-dealkylation sites (N-methyl/N-ethyl adjacent to an activating group) is 2. The maximum Gasteiger partial charge on any atom is 0.254 e. The first-order chi connectivity index (χ1) is 13.1. The third-order valence-electron chi connectivity index (χ3n) is 5.19. The van der Waals surface area contributed by atoms with Crippen molar-refractivity contribution < 1.29 is 4.79 Å². The Balaban J connectivity index is 1.53. The fourth-order valence-corrected chi connectivity index (χ4v) is 3.67. The van der Waals surface area contributed by atoms with Crippen LogP contribution in [0.4, 0.5) is 0 Å². The number of H-pyrrole nitrogens is 1. The fourth-order valence-electron chi connectivity index (χ4n) is 3.67. The molecule has 2 aromatic carbocycles. The van der Waals surface area contributed by atoms with E-state index >= 15 is 0 Å². The summed E-state index contributed by atoms with van der Waals surface area (Å²) >= 11 is 0. The molecule has 1 N–H and O–H groups in total. The summed E-state index contributed by atoms with van der Waals surface area (Å²) in [7, 11) is 3.97. The van der Waals surface area contributed by atoms with Gasteiger partial charge in [-0.05, 0) is 35.9 Å². The highest BCUT2D eigenvalue weighted by Crippen LogP contribution is 2.24. The van der Waals surface area contributed by atoms with Gasteiger partial charge in [0.2, 0.25) is 5.82 Å². The number of carbonyl (C=O) groups excluding carboxylic acids is 1. The van der Waals surface area contributed by atoms with Gasteiger partial charge in [0.15, 0.2) is 0 Å². The lowest BCUT2D eigenvalue weighted by molar-refractivity contribution is 0.0734. The van der Waals surface area contributed by atoms with Crippen LogP contribution in [-0.2, 0) is 13.0 Å². The van der Waals surface area contributed by atoms with Gasteiger partial charge in [0.05, 0.1) is 5.56 Å². The Morgan fingerprint density at radius 2 is 1.93 bits per heavy atom. The molecule has 1 aliphatic heterocycles. The van der Waals surface area contributed by atoms with Crippen LogP contribution in [0.3, 0.4) is 0 Å². The molecule has 0 radical (unpaired) electrons. The first-order valence-corrected chi connectivity index (χ1v) is 8.99. The van der Waals surface area contributed by atoms with Gasteiger partial charge in [0.25, 0.3) is 5.91 Å². The Bertz CT molecular complexity index is 939. The molecule has 7 heteroatoms. The van der Waals surface area contributed by atoms with E-state index in [4.69, 9.17) is 0 Å². The molecule has 2 heterocycles. The van der Waals surface area contributed by atoms with Crippen LogP contribution in [0.5, 0.6) is 0 Å². The fraction of sp³-hybridized carbons (Fsp3) is 0.300. The highest BCUT2D eigenvalue weighted by Gasteiger charge is 2.27. The molecule has 0 aliphatic carbocycles. The zero-order valence-electron chi connectivity index (χ0n) is 15.5. The Hall–Kier alpha value is -3.06. The average molecular weight is 362 g/mol. The van der Waals surface area contributed by atoms with Gasteiger partial charge in [-0.2, -0.15) is 5.21 Å². The number of nitrogens with one attached hydrogen (secondary N) is 1. The van der Waals surface area contributed by atoms with Crippen LogP contribution in [0.2, 0.25) is 0 Å².